The number of nitrogens with one attached hydrogen (secondary N) is 1. The van der Waals surface area contributed by atoms with Crippen LogP contribution in [-0.4, -0.2) is 26.1 Å². The van der Waals surface area contributed by atoms with Gasteiger partial charge >= 0.3 is 6.09 Å². The quantitative estimate of drug-likeness (QED) is 0.709. The Bertz CT molecular complexity index is 996. The molecule has 1 N–H and O–H groups in total. The number of hydrogen-bond donors (Lipinski definition) is 1. The molecule has 3 aromatic rings. The Hall–Kier alpha value is -3.10. The summed E-state index contributed by atoms with van der Waals surface area (Å²) in [5, 5.41) is 2.52. The zero-order valence-corrected chi connectivity index (χ0v) is 14.8. The lowest BCUT2D eigenvalue weighted by molar-refractivity contribution is 0.0636. The van der Waals surface area contributed by atoms with Gasteiger partial charge in [0.1, 0.15) is 11.4 Å². The summed E-state index contributed by atoms with van der Waals surface area (Å²) < 4.78 is 46.3. The minimum absolute atomic E-state index is 0.0904. The molecule has 0 atom stereocenters. The Labute approximate surface area is 153 Å². The van der Waals surface area contributed by atoms with Crippen LogP contribution in [0.15, 0.2) is 36.8 Å². The summed E-state index contributed by atoms with van der Waals surface area (Å²) >= 11 is 0. The normalized spacial score (nSPS) is 11.8. The van der Waals surface area contributed by atoms with Crippen molar-refractivity contribution in [3.63, 3.8) is 0 Å². The second-order valence-corrected chi connectivity index (χ2v) is 6.84. The molecule has 142 valence electrons. The summed E-state index contributed by atoms with van der Waals surface area (Å²) in [4.78, 5) is 19.9. The third-order valence-electron chi connectivity index (χ3n) is 3.47. The molecular formula is C18H17F3N4O2. The van der Waals surface area contributed by atoms with Crippen LogP contribution in [0.4, 0.5) is 23.7 Å². The Kier molecular flexibility index (Phi) is 4.77. The molecule has 2 heterocycles. The molecular weight excluding hydrogens is 361 g/mol. The molecule has 0 aliphatic carbocycles. The zero-order chi connectivity index (χ0) is 19.8. The number of hydrogen-bond acceptors (Lipinski definition) is 4. The Morgan fingerprint density at radius 2 is 2.00 bits per heavy atom. The number of anilines is 1. The van der Waals surface area contributed by atoms with Crippen LogP contribution in [-0.2, 0) is 4.74 Å². The number of nitrogens with zero attached hydrogens (tertiary/aromatic N) is 3. The van der Waals surface area contributed by atoms with Crippen LogP contribution in [0.25, 0.3) is 17.0 Å². The smallest absolute Gasteiger partial charge is 0.412 e. The maximum atomic E-state index is 14.3. The van der Waals surface area contributed by atoms with Gasteiger partial charge in [0.05, 0.1) is 11.3 Å². The maximum Gasteiger partial charge on any atom is 0.412 e. The van der Waals surface area contributed by atoms with Crippen LogP contribution in [0.1, 0.15) is 32.8 Å². The standard InChI is InChI=1S/C18H17F3N4O2/c1-18(2,3)27-17(26)23-11-4-5-13(19)12(6-11)14-9-25-8-10(15(20)21)7-22-16(25)24-14/h4-9,15H,1-3H3,(H,23,26). The van der Waals surface area contributed by atoms with Gasteiger partial charge in [-0.3, -0.25) is 9.72 Å². The van der Waals surface area contributed by atoms with Crippen LogP contribution in [0.2, 0.25) is 0 Å². The average molecular weight is 378 g/mol. The number of amides is 1. The van der Waals surface area contributed by atoms with E-state index in [4.69, 9.17) is 4.74 Å². The van der Waals surface area contributed by atoms with Gasteiger partial charge < -0.3 is 4.74 Å². The Morgan fingerprint density at radius 3 is 2.67 bits per heavy atom. The van der Waals surface area contributed by atoms with E-state index in [1.807, 2.05) is 0 Å². The molecule has 2 aromatic heterocycles. The molecule has 0 unspecified atom stereocenters. The number of benzene rings is 1. The fourth-order valence-electron chi connectivity index (χ4n) is 2.36. The first kappa shape index (κ1) is 18.7. The number of imidazole rings is 1. The van der Waals surface area contributed by atoms with E-state index in [9.17, 15) is 18.0 Å². The van der Waals surface area contributed by atoms with E-state index in [1.54, 1.807) is 20.8 Å². The number of carbonyl (C=O) groups is 1. The minimum Gasteiger partial charge on any atom is -0.444 e. The SMILES string of the molecule is CC(C)(C)OC(=O)Nc1ccc(F)c(-c2cn3cc(C(F)F)cnc3n2)c1. The number of alkyl halides is 2. The van der Waals surface area contributed by atoms with Gasteiger partial charge in [-0.1, -0.05) is 0 Å². The number of fused-ring (bicyclic) bond motifs is 1. The Morgan fingerprint density at radius 1 is 1.26 bits per heavy atom. The van der Waals surface area contributed by atoms with Crippen molar-refractivity contribution < 1.29 is 22.7 Å². The van der Waals surface area contributed by atoms with Gasteiger partial charge in [0.25, 0.3) is 6.43 Å². The highest BCUT2D eigenvalue weighted by Gasteiger charge is 2.18. The summed E-state index contributed by atoms with van der Waals surface area (Å²) in [6.07, 6.45) is 0.242. The van der Waals surface area contributed by atoms with Crippen molar-refractivity contribution in [3.05, 3.63) is 48.2 Å². The minimum atomic E-state index is -2.68. The first-order chi connectivity index (χ1) is 12.6. The van der Waals surface area contributed by atoms with E-state index in [0.29, 0.717) is 5.69 Å². The van der Waals surface area contributed by atoms with Gasteiger partial charge in [-0.15, -0.1) is 0 Å². The molecule has 0 saturated heterocycles. The van der Waals surface area contributed by atoms with Crippen molar-refractivity contribution in [3.8, 4) is 11.3 Å². The molecule has 1 aromatic carbocycles. The lowest BCUT2D eigenvalue weighted by atomic mass is 10.1. The van der Waals surface area contributed by atoms with E-state index >= 15 is 0 Å². The van der Waals surface area contributed by atoms with E-state index in [0.717, 1.165) is 6.20 Å². The molecule has 0 radical (unpaired) electrons. The molecule has 27 heavy (non-hydrogen) atoms. The van der Waals surface area contributed by atoms with E-state index in [1.165, 1.54) is 35.0 Å². The number of rotatable bonds is 3. The second kappa shape index (κ2) is 6.90. The van der Waals surface area contributed by atoms with E-state index < -0.39 is 23.9 Å². The van der Waals surface area contributed by atoms with E-state index in [2.05, 4.69) is 15.3 Å². The topological polar surface area (TPSA) is 68.5 Å². The van der Waals surface area contributed by atoms with Crippen LogP contribution < -0.4 is 5.32 Å². The third kappa shape index (κ3) is 4.36. The molecule has 0 aliphatic rings. The molecule has 3 rings (SSSR count). The summed E-state index contributed by atoms with van der Waals surface area (Å²) in [5.74, 6) is -0.429. The van der Waals surface area contributed by atoms with Crippen molar-refractivity contribution in [1.82, 2.24) is 14.4 Å². The lowest BCUT2D eigenvalue weighted by Gasteiger charge is -2.19. The monoisotopic (exact) mass is 378 g/mol. The summed E-state index contributed by atoms with van der Waals surface area (Å²) in [7, 11) is 0. The fraction of sp³-hybridized carbons (Fsp3) is 0.278. The first-order valence-corrected chi connectivity index (χ1v) is 8.05. The number of halogens is 3. The highest BCUT2D eigenvalue weighted by atomic mass is 19.3. The molecule has 0 fully saturated rings. The van der Waals surface area contributed by atoms with Gasteiger partial charge in [-0.05, 0) is 39.0 Å². The Balaban J connectivity index is 1.92. The fourth-order valence-corrected chi connectivity index (χ4v) is 2.36. The third-order valence-corrected chi connectivity index (χ3v) is 3.47. The number of aromatic nitrogens is 3. The zero-order valence-electron chi connectivity index (χ0n) is 14.8. The molecule has 9 heteroatoms. The molecule has 1 amide bonds. The van der Waals surface area contributed by atoms with Crippen molar-refractivity contribution in [2.45, 2.75) is 32.8 Å². The highest BCUT2D eigenvalue weighted by molar-refractivity contribution is 5.86. The molecule has 0 aliphatic heterocycles. The number of ether oxygens (including phenoxy) is 1. The van der Waals surface area contributed by atoms with Crippen LogP contribution in [0.5, 0.6) is 0 Å². The predicted molar refractivity (Wildman–Crippen MR) is 93.2 cm³/mol. The highest BCUT2D eigenvalue weighted by Crippen LogP contribution is 2.27. The lowest BCUT2D eigenvalue weighted by Crippen LogP contribution is -2.27. The van der Waals surface area contributed by atoms with Crippen molar-refractivity contribution in [2.24, 2.45) is 0 Å². The second-order valence-electron chi connectivity index (χ2n) is 6.84. The van der Waals surface area contributed by atoms with Gasteiger partial charge in [-0.2, -0.15) is 0 Å². The van der Waals surface area contributed by atoms with Crippen LogP contribution >= 0.6 is 0 Å². The maximum absolute atomic E-state index is 14.3. The summed E-state index contributed by atoms with van der Waals surface area (Å²) in [6, 6.07) is 3.94. The van der Waals surface area contributed by atoms with Gasteiger partial charge in [0.15, 0.2) is 0 Å². The van der Waals surface area contributed by atoms with Crippen molar-refractivity contribution in [1.29, 1.82) is 0 Å². The molecule has 0 saturated carbocycles. The summed E-state index contributed by atoms with van der Waals surface area (Å²) in [5.41, 5.74) is -0.360. The average Bonchev–Trinajstić information content (AvgIpc) is 2.97. The van der Waals surface area contributed by atoms with Crippen LogP contribution in [0, 0.1) is 5.82 Å². The largest absolute Gasteiger partial charge is 0.444 e. The number of carbonyl (C=O) groups excluding carboxylic acids is 1. The van der Waals surface area contributed by atoms with Gasteiger partial charge in [-0.25, -0.2) is 27.9 Å². The molecule has 0 spiro atoms. The van der Waals surface area contributed by atoms with Crippen molar-refractivity contribution in [2.75, 3.05) is 5.32 Å². The van der Waals surface area contributed by atoms with Gasteiger partial charge in [0, 0.05) is 29.8 Å². The molecule has 6 nitrogen and oxygen atoms in total. The van der Waals surface area contributed by atoms with E-state index in [-0.39, 0.29) is 22.6 Å². The van der Waals surface area contributed by atoms with Crippen molar-refractivity contribution >= 4 is 17.6 Å². The predicted octanol–water partition coefficient (Wildman–Crippen LogP) is 4.82. The van der Waals surface area contributed by atoms with Crippen LogP contribution in [0.3, 0.4) is 0 Å². The first-order valence-electron chi connectivity index (χ1n) is 8.05. The summed E-state index contributed by atoms with van der Waals surface area (Å²) in [6.45, 7) is 5.17. The molecule has 0 bridgehead atoms. The van der Waals surface area contributed by atoms with Gasteiger partial charge in [0.2, 0.25) is 5.78 Å².